The maximum atomic E-state index is 0. The van der Waals surface area contributed by atoms with Crippen molar-refractivity contribution in [2.24, 2.45) is 0 Å². The van der Waals surface area contributed by atoms with E-state index in [1.165, 1.54) is 0 Å². The summed E-state index contributed by atoms with van der Waals surface area (Å²) >= 11 is 0. The summed E-state index contributed by atoms with van der Waals surface area (Å²) in [5.41, 5.74) is 0. The van der Waals surface area contributed by atoms with Crippen LogP contribution in [0.25, 0.3) is 0 Å². The first kappa shape index (κ1) is 129. The average molecular weight is 159 g/mol. The van der Waals surface area contributed by atoms with E-state index in [0.717, 1.165) is 0 Å². The summed E-state index contributed by atoms with van der Waals surface area (Å²) in [6, 6.07) is 0. The largest absolute Gasteiger partial charge is 2.00 e. The molecule has 0 aromatic heterocycles. The van der Waals surface area contributed by atoms with Crippen molar-refractivity contribution >= 4 is 27.0 Å². The van der Waals surface area contributed by atoms with Crippen LogP contribution in [0.1, 0.15) is 0 Å². The van der Waals surface area contributed by atoms with Gasteiger partial charge in [0.05, 0.1) is 0 Å². The minimum Gasteiger partial charge on any atom is -2.00 e. The van der Waals surface area contributed by atoms with Crippen LogP contribution in [0, 0.1) is 0 Å². The summed E-state index contributed by atoms with van der Waals surface area (Å²) in [7, 11) is 0. The third-order valence-electron chi connectivity index (χ3n) is 0. The van der Waals surface area contributed by atoms with Gasteiger partial charge >= 0.3 is 16.5 Å². The Bertz CT molecular complexity index is 7.61. The van der Waals surface area contributed by atoms with Gasteiger partial charge in [0.25, 0.3) is 0 Å². The van der Waals surface area contributed by atoms with Crippen molar-refractivity contribution in [2.75, 3.05) is 0 Å². The van der Waals surface area contributed by atoms with E-state index in [0.29, 0.717) is 0 Å². The molecule has 0 unspecified atom stereocenters. The van der Waals surface area contributed by atoms with Crippen LogP contribution in [-0.4, -0.2) is 0 Å². The van der Waals surface area contributed by atoms with Gasteiger partial charge in [0.1, 0.15) is 0 Å². The fraction of sp³-hybridized carbons (Fsp3) is 0. The van der Waals surface area contributed by atoms with E-state index >= 15 is 0 Å². The third-order valence-corrected chi connectivity index (χ3v) is 0. The summed E-state index contributed by atoms with van der Waals surface area (Å²) in [5.74, 6) is 0. The summed E-state index contributed by atoms with van der Waals surface area (Å²) in [6.45, 7) is 0. The van der Waals surface area contributed by atoms with Crippen LogP contribution in [0.15, 0.2) is 0 Å². The Labute approximate surface area is 56.1 Å². The molecule has 0 aromatic carbocycles. The molecular weight excluding hydrogens is 151 g/mol. The Hall–Kier alpha value is 1.11. The van der Waals surface area contributed by atoms with Crippen molar-refractivity contribution < 1.29 is 16.5 Å². The molecule has 0 fully saturated rings. The molecule has 5 heteroatoms. The smallest absolute Gasteiger partial charge is 2.00 e. The van der Waals surface area contributed by atoms with Gasteiger partial charge in [0.15, 0.2) is 0 Å². The molecule has 40 valence electrons. The molecule has 0 atom stereocenters. The molecule has 0 aliphatic heterocycles. The summed E-state index contributed by atoms with van der Waals surface area (Å²) in [4.78, 5) is 0. The van der Waals surface area contributed by atoms with Crippen LogP contribution in [0.2, 0.25) is 0 Å². The Kier molecular flexibility index (Phi) is 1800. The zero-order chi connectivity index (χ0) is 0. The van der Waals surface area contributed by atoms with Crippen LogP contribution in [-0.2, 0) is 43.5 Å². The maximum absolute atomic E-state index is 0. The molecule has 0 rings (SSSR count). The Morgan fingerprint density at radius 3 is 0.600 bits per heavy atom. The molecule has 0 amide bonds. The molecule has 0 aromatic rings. The number of hydrogen-bond acceptors (Lipinski definition) is 0. The van der Waals surface area contributed by atoms with Gasteiger partial charge in [0, 0.05) is 0 Å². The Morgan fingerprint density at radius 1 is 0.600 bits per heavy atom. The van der Waals surface area contributed by atoms with E-state index < -0.39 is 0 Å². The van der Waals surface area contributed by atoms with Gasteiger partial charge in [-0.2, -0.15) is 0 Å². The minimum atomic E-state index is 0. The second-order valence-electron chi connectivity index (χ2n) is 0. The maximum Gasteiger partial charge on any atom is 2.00 e. The summed E-state index contributed by atoms with van der Waals surface area (Å²) < 4.78 is 0. The molecule has 0 heterocycles. The van der Waals surface area contributed by atoms with E-state index in [2.05, 4.69) is 0 Å². The molecule has 5 heavy (non-hydrogen) atoms. The van der Waals surface area contributed by atoms with Gasteiger partial charge in [-0.25, -0.2) is 0 Å². The molecule has 0 aliphatic carbocycles. The van der Waals surface area contributed by atoms with E-state index in [1.807, 2.05) is 0 Å². The van der Waals surface area contributed by atoms with Gasteiger partial charge in [-0.05, 0) is 0 Å². The van der Waals surface area contributed by atoms with Crippen LogP contribution in [0.4, 0.5) is 0 Å². The molecule has 0 bridgehead atoms. The van der Waals surface area contributed by atoms with Crippen molar-refractivity contribution in [3.05, 3.63) is 0 Å². The van der Waals surface area contributed by atoms with Gasteiger partial charge in [-0.15, -0.1) is 0 Å². The van der Waals surface area contributed by atoms with Crippen molar-refractivity contribution in [3.8, 4) is 0 Å². The van der Waals surface area contributed by atoms with Gasteiger partial charge < -0.3 is 39.3 Å². The van der Waals surface area contributed by atoms with Gasteiger partial charge in [-0.1, -0.05) is 0 Å². The van der Waals surface area contributed by atoms with Crippen molar-refractivity contribution in [2.45, 2.75) is 0 Å². The van der Waals surface area contributed by atoms with Crippen molar-refractivity contribution in [1.82, 2.24) is 12.3 Å². The molecule has 0 spiro atoms. The summed E-state index contributed by atoms with van der Waals surface area (Å²) in [6.07, 6.45) is 0. The fourth-order valence-corrected chi connectivity index (χ4v) is 0. The number of hydrogen-bond donors (Lipinski definition) is 2. The second kappa shape index (κ2) is 69.8. The van der Waals surface area contributed by atoms with E-state index in [4.69, 9.17) is 0 Å². The van der Waals surface area contributed by atoms with E-state index in [9.17, 15) is 0 Å². The molecule has 0 saturated heterocycles. The minimum absolute atomic E-state index is 0. The monoisotopic (exact) mass is 158 g/mol. The molecule has 2 nitrogen and oxygen atoms in total. The zero-order valence-electron chi connectivity index (χ0n) is 3.13. The Balaban J connectivity index is 0. The van der Waals surface area contributed by atoms with Crippen molar-refractivity contribution in [1.29, 1.82) is 0 Å². The first-order valence-corrected chi connectivity index (χ1v) is 0. The average Bonchev–Trinajstić information content (AvgIpc) is 0. The standard InChI is InChI=1S/2H3N.Ni.2S/h2*1H3;;;/q;;+2;2*-2/p+2. The first-order valence-electron chi connectivity index (χ1n) is 0. The predicted molar refractivity (Wildman–Crippen MR) is 26.7 cm³/mol. The second-order valence-corrected chi connectivity index (χ2v) is 0. The zero-order valence-corrected chi connectivity index (χ0v) is 5.75. The molecule has 0 radical (unpaired) electrons. The molecule has 8 N–H and O–H groups in total. The molecule has 0 aliphatic rings. The third kappa shape index (κ3) is 40.0. The van der Waals surface area contributed by atoms with Crippen LogP contribution < -0.4 is 12.3 Å². The van der Waals surface area contributed by atoms with Crippen LogP contribution in [0.3, 0.4) is 0 Å². The molecular formula is H8N2NiS2. The van der Waals surface area contributed by atoms with E-state index in [1.54, 1.807) is 0 Å². The van der Waals surface area contributed by atoms with Crippen molar-refractivity contribution in [3.63, 3.8) is 0 Å². The number of quaternary nitrogens is 2. The predicted octanol–water partition coefficient (Wildman–Crippen LogP) is 0.745. The Morgan fingerprint density at radius 2 is 0.600 bits per heavy atom. The first-order chi connectivity index (χ1) is 0. The summed E-state index contributed by atoms with van der Waals surface area (Å²) in [5, 5.41) is 0. The van der Waals surface area contributed by atoms with Crippen LogP contribution >= 0.6 is 0 Å². The van der Waals surface area contributed by atoms with Gasteiger partial charge in [0.2, 0.25) is 0 Å². The fourth-order valence-electron chi connectivity index (χ4n) is 0. The molecule has 0 saturated carbocycles. The number of rotatable bonds is 0. The topological polar surface area (TPSA) is 73.0 Å². The SMILES string of the molecule is [NH4+].[NH4+].[Ni+2].[S-2].[S-2]. The van der Waals surface area contributed by atoms with Crippen LogP contribution in [0.5, 0.6) is 0 Å². The van der Waals surface area contributed by atoms with Gasteiger partial charge in [-0.3, -0.25) is 0 Å². The van der Waals surface area contributed by atoms with E-state index in [-0.39, 0.29) is 55.8 Å². The quantitative estimate of drug-likeness (QED) is 0.489. The normalized spacial score (nSPS) is 0.